The van der Waals surface area contributed by atoms with E-state index in [-0.39, 0.29) is 11.3 Å². The van der Waals surface area contributed by atoms with Crippen molar-refractivity contribution in [2.45, 2.75) is 19.9 Å². The summed E-state index contributed by atoms with van der Waals surface area (Å²) in [5, 5.41) is 11.2. The molecule has 1 saturated heterocycles. The van der Waals surface area contributed by atoms with Crippen LogP contribution in [0, 0.1) is 0 Å². The standard InChI is InChI=1S/C26H32N2O6/c1-6-27(7-2)14-15-28-23(20-16-19(33-4)12-13-21(20)34-5)22(25(30)26(28)31)24(29)17-8-10-18(32-3)11-9-17/h8-13,16,23,29H,6-7,14-15H2,1-5H3/t23-/m1/s1. The molecule has 0 spiro atoms. The van der Waals surface area contributed by atoms with E-state index in [0.717, 1.165) is 13.1 Å². The summed E-state index contributed by atoms with van der Waals surface area (Å²) >= 11 is 0. The number of hydrogen-bond donors (Lipinski definition) is 1. The number of ketones is 1. The van der Waals surface area contributed by atoms with E-state index in [1.807, 2.05) is 13.8 Å². The van der Waals surface area contributed by atoms with Gasteiger partial charge in [0.1, 0.15) is 23.0 Å². The Hall–Kier alpha value is -3.52. The van der Waals surface area contributed by atoms with Gasteiger partial charge in [-0.05, 0) is 55.6 Å². The first-order chi connectivity index (χ1) is 16.4. The van der Waals surface area contributed by atoms with Gasteiger partial charge in [-0.3, -0.25) is 9.59 Å². The Morgan fingerprint density at radius 2 is 1.56 bits per heavy atom. The summed E-state index contributed by atoms with van der Waals surface area (Å²) < 4.78 is 16.2. The van der Waals surface area contributed by atoms with Crippen LogP contribution in [0.1, 0.15) is 31.0 Å². The molecule has 1 fully saturated rings. The molecule has 0 bridgehead atoms. The van der Waals surface area contributed by atoms with Gasteiger partial charge < -0.3 is 29.1 Å². The van der Waals surface area contributed by atoms with Crippen LogP contribution >= 0.6 is 0 Å². The van der Waals surface area contributed by atoms with Gasteiger partial charge in [-0.25, -0.2) is 0 Å². The molecule has 2 aromatic rings. The molecular formula is C26H32N2O6. The van der Waals surface area contributed by atoms with E-state index >= 15 is 0 Å². The zero-order valence-electron chi connectivity index (χ0n) is 20.3. The number of nitrogens with zero attached hydrogens (tertiary/aromatic N) is 2. The number of rotatable bonds is 10. The van der Waals surface area contributed by atoms with E-state index in [1.54, 1.807) is 56.7 Å². The number of amides is 1. The molecule has 0 unspecified atom stereocenters. The molecule has 0 aromatic heterocycles. The van der Waals surface area contributed by atoms with Gasteiger partial charge in [0.2, 0.25) is 0 Å². The smallest absolute Gasteiger partial charge is 0.295 e. The molecule has 1 atom stereocenters. The second-order valence-electron chi connectivity index (χ2n) is 7.86. The summed E-state index contributed by atoms with van der Waals surface area (Å²) in [5.41, 5.74) is 0.992. The first kappa shape index (κ1) is 25.1. The molecule has 8 nitrogen and oxygen atoms in total. The van der Waals surface area contributed by atoms with E-state index in [1.165, 1.54) is 12.0 Å². The van der Waals surface area contributed by atoms with E-state index in [2.05, 4.69) is 4.90 Å². The van der Waals surface area contributed by atoms with Crippen LogP contribution in [0.5, 0.6) is 17.2 Å². The summed E-state index contributed by atoms with van der Waals surface area (Å²) in [5.74, 6) is 0.0130. The number of likely N-dealkylation sites (N-methyl/N-ethyl adjacent to an activating group) is 1. The zero-order valence-corrected chi connectivity index (χ0v) is 20.3. The Labute approximate surface area is 200 Å². The molecular weight excluding hydrogens is 436 g/mol. The van der Waals surface area contributed by atoms with Gasteiger partial charge in [-0.2, -0.15) is 0 Å². The third-order valence-corrected chi connectivity index (χ3v) is 6.19. The Kier molecular flexibility index (Phi) is 8.17. The molecule has 1 heterocycles. The predicted octanol–water partition coefficient (Wildman–Crippen LogP) is 3.48. The highest BCUT2D eigenvalue weighted by atomic mass is 16.5. The molecule has 3 rings (SSSR count). The van der Waals surface area contributed by atoms with Gasteiger partial charge in [-0.15, -0.1) is 0 Å². The molecule has 1 N–H and O–H groups in total. The van der Waals surface area contributed by atoms with Crippen LogP contribution in [0.4, 0.5) is 0 Å². The van der Waals surface area contributed by atoms with Crippen molar-refractivity contribution in [1.82, 2.24) is 9.80 Å². The fraction of sp³-hybridized carbons (Fsp3) is 0.385. The number of Topliss-reactive ketones (excluding diaryl/α,β-unsaturated/α-hetero) is 1. The second-order valence-corrected chi connectivity index (χ2v) is 7.86. The van der Waals surface area contributed by atoms with Crippen molar-refractivity contribution < 1.29 is 28.9 Å². The minimum atomic E-state index is -0.831. The van der Waals surface area contributed by atoms with Gasteiger partial charge in [0.15, 0.2) is 0 Å². The number of methoxy groups -OCH3 is 3. The molecule has 0 aliphatic carbocycles. The largest absolute Gasteiger partial charge is 0.507 e. The van der Waals surface area contributed by atoms with Crippen molar-refractivity contribution in [1.29, 1.82) is 0 Å². The van der Waals surface area contributed by atoms with Crippen molar-refractivity contribution in [2.75, 3.05) is 47.5 Å². The number of hydrogen-bond acceptors (Lipinski definition) is 7. The van der Waals surface area contributed by atoms with Crippen LogP contribution in [-0.4, -0.2) is 74.1 Å². The van der Waals surface area contributed by atoms with Crippen molar-refractivity contribution in [3.63, 3.8) is 0 Å². The van der Waals surface area contributed by atoms with E-state index in [9.17, 15) is 14.7 Å². The maximum atomic E-state index is 13.3. The fourth-order valence-electron chi connectivity index (χ4n) is 4.18. The average Bonchev–Trinajstić information content (AvgIpc) is 3.13. The molecule has 1 aliphatic rings. The topological polar surface area (TPSA) is 88.5 Å². The highest BCUT2D eigenvalue weighted by Crippen LogP contribution is 2.43. The lowest BCUT2D eigenvalue weighted by molar-refractivity contribution is -0.140. The number of aliphatic hydroxyl groups is 1. The van der Waals surface area contributed by atoms with E-state index in [0.29, 0.717) is 41.5 Å². The lowest BCUT2D eigenvalue weighted by atomic mass is 9.94. The summed E-state index contributed by atoms with van der Waals surface area (Å²) in [6.45, 7) is 6.63. The molecule has 1 aliphatic heterocycles. The van der Waals surface area contributed by atoms with Crippen molar-refractivity contribution in [3.8, 4) is 17.2 Å². The first-order valence-corrected chi connectivity index (χ1v) is 11.3. The quantitative estimate of drug-likeness (QED) is 0.324. The minimum Gasteiger partial charge on any atom is -0.507 e. The summed E-state index contributed by atoms with van der Waals surface area (Å²) in [4.78, 5) is 30.1. The van der Waals surface area contributed by atoms with Gasteiger partial charge in [-0.1, -0.05) is 13.8 Å². The van der Waals surface area contributed by atoms with Crippen LogP contribution in [-0.2, 0) is 9.59 Å². The van der Waals surface area contributed by atoms with Crippen molar-refractivity contribution >= 4 is 17.4 Å². The number of aliphatic hydroxyl groups excluding tert-OH is 1. The van der Waals surface area contributed by atoms with Crippen LogP contribution < -0.4 is 14.2 Å². The number of benzene rings is 2. The number of likely N-dealkylation sites (tertiary alicyclic amines) is 1. The Morgan fingerprint density at radius 3 is 2.12 bits per heavy atom. The van der Waals surface area contributed by atoms with Gasteiger partial charge >= 0.3 is 0 Å². The maximum absolute atomic E-state index is 13.3. The monoisotopic (exact) mass is 468 g/mol. The lowest BCUT2D eigenvalue weighted by Crippen LogP contribution is -2.38. The summed E-state index contributed by atoms with van der Waals surface area (Å²) in [6.07, 6.45) is 0. The summed E-state index contributed by atoms with van der Waals surface area (Å²) in [7, 11) is 4.61. The van der Waals surface area contributed by atoms with Crippen molar-refractivity contribution in [2.24, 2.45) is 0 Å². The van der Waals surface area contributed by atoms with Gasteiger partial charge in [0, 0.05) is 24.2 Å². The highest BCUT2D eigenvalue weighted by molar-refractivity contribution is 6.46. The third kappa shape index (κ3) is 4.87. The highest BCUT2D eigenvalue weighted by Gasteiger charge is 2.47. The molecule has 0 radical (unpaired) electrons. The molecule has 1 amide bonds. The van der Waals surface area contributed by atoms with Crippen molar-refractivity contribution in [3.05, 3.63) is 59.2 Å². The fourth-order valence-corrected chi connectivity index (χ4v) is 4.18. The van der Waals surface area contributed by atoms with Crippen LogP contribution in [0.3, 0.4) is 0 Å². The van der Waals surface area contributed by atoms with E-state index < -0.39 is 17.7 Å². The number of carbonyl (C=O) groups excluding carboxylic acids is 2. The normalized spacial score (nSPS) is 17.4. The zero-order chi connectivity index (χ0) is 24.8. The van der Waals surface area contributed by atoms with Crippen LogP contribution in [0.25, 0.3) is 5.76 Å². The lowest BCUT2D eigenvalue weighted by Gasteiger charge is -2.29. The SMILES string of the molecule is CCN(CC)CCN1C(=O)C(=O)C(=C(O)c2ccc(OC)cc2)[C@H]1c1cc(OC)ccc1OC. The summed E-state index contributed by atoms with van der Waals surface area (Å²) in [6, 6.07) is 11.1. The van der Waals surface area contributed by atoms with Crippen LogP contribution in [0.2, 0.25) is 0 Å². The molecule has 8 heteroatoms. The Balaban J connectivity index is 2.18. The molecule has 0 saturated carbocycles. The minimum absolute atomic E-state index is 0.0151. The Bertz CT molecular complexity index is 1060. The van der Waals surface area contributed by atoms with Gasteiger partial charge in [0.05, 0.1) is 32.9 Å². The first-order valence-electron chi connectivity index (χ1n) is 11.3. The molecule has 2 aromatic carbocycles. The second kappa shape index (κ2) is 11.1. The Morgan fingerprint density at radius 1 is 0.941 bits per heavy atom. The third-order valence-electron chi connectivity index (χ3n) is 6.19. The molecule has 34 heavy (non-hydrogen) atoms. The number of ether oxygens (including phenoxy) is 3. The van der Waals surface area contributed by atoms with Crippen LogP contribution in [0.15, 0.2) is 48.0 Å². The average molecular weight is 469 g/mol. The molecule has 182 valence electrons. The van der Waals surface area contributed by atoms with Gasteiger partial charge in [0.25, 0.3) is 11.7 Å². The predicted molar refractivity (Wildman–Crippen MR) is 129 cm³/mol. The van der Waals surface area contributed by atoms with E-state index in [4.69, 9.17) is 14.2 Å². The number of carbonyl (C=O) groups is 2. The maximum Gasteiger partial charge on any atom is 0.295 e.